The van der Waals surface area contributed by atoms with E-state index in [0.717, 1.165) is 34.5 Å². The van der Waals surface area contributed by atoms with Gasteiger partial charge in [0.25, 0.3) is 0 Å². The molecule has 1 aliphatic heterocycles. The second-order valence-electron chi connectivity index (χ2n) is 7.49. The number of nitrogens with two attached hydrogens (primary N) is 1. The van der Waals surface area contributed by atoms with Crippen LogP contribution in [0.1, 0.15) is 12.1 Å². The average Bonchev–Trinajstić information content (AvgIpc) is 3.34. The Labute approximate surface area is 197 Å². The van der Waals surface area contributed by atoms with E-state index in [1.54, 1.807) is 6.20 Å². The Morgan fingerprint density at radius 2 is 1.94 bits per heavy atom. The van der Waals surface area contributed by atoms with Gasteiger partial charge >= 0.3 is 0 Å². The summed E-state index contributed by atoms with van der Waals surface area (Å²) in [5.74, 6) is 2.04. The minimum Gasteiger partial charge on any atom is -0.487 e. The SMILES string of the molecule is Cl.Nc1cc2c(Nc3ccc(OCc4ccccn4)cc3)ncnc2cc1O[C@H]1CCOC1. The van der Waals surface area contributed by atoms with Crippen molar-refractivity contribution in [3.63, 3.8) is 0 Å². The van der Waals surface area contributed by atoms with E-state index in [2.05, 4.69) is 20.3 Å². The second-order valence-corrected chi connectivity index (χ2v) is 7.49. The fourth-order valence-corrected chi connectivity index (χ4v) is 3.50. The number of nitrogen functional groups attached to an aromatic ring is 1. The minimum absolute atomic E-state index is 0. The van der Waals surface area contributed by atoms with Gasteiger partial charge in [0.05, 0.1) is 30.1 Å². The highest BCUT2D eigenvalue weighted by molar-refractivity contribution is 5.94. The van der Waals surface area contributed by atoms with E-state index in [-0.39, 0.29) is 18.5 Å². The number of aromatic nitrogens is 3. The van der Waals surface area contributed by atoms with Gasteiger partial charge in [0, 0.05) is 29.8 Å². The highest BCUT2D eigenvalue weighted by Crippen LogP contribution is 2.32. The molecule has 2 aromatic carbocycles. The zero-order chi connectivity index (χ0) is 21.8. The first-order valence-corrected chi connectivity index (χ1v) is 10.4. The van der Waals surface area contributed by atoms with Gasteiger partial charge in [0.15, 0.2) is 0 Å². The van der Waals surface area contributed by atoms with Gasteiger partial charge < -0.3 is 25.3 Å². The molecule has 33 heavy (non-hydrogen) atoms. The van der Waals surface area contributed by atoms with Crippen LogP contribution in [0.5, 0.6) is 11.5 Å². The van der Waals surface area contributed by atoms with Crippen LogP contribution in [0.25, 0.3) is 10.9 Å². The van der Waals surface area contributed by atoms with Gasteiger partial charge in [-0.25, -0.2) is 9.97 Å². The lowest BCUT2D eigenvalue weighted by molar-refractivity contribution is 0.142. The zero-order valence-electron chi connectivity index (χ0n) is 17.8. The van der Waals surface area contributed by atoms with Crippen LogP contribution >= 0.6 is 12.4 Å². The number of benzene rings is 2. The standard InChI is InChI=1S/C24H23N5O3.ClH/c25-21-11-20-22(12-23(21)32-19-8-10-30-14-19)27-15-28-24(20)29-16-4-6-18(7-5-16)31-13-17-3-1-2-9-26-17;/h1-7,9,11-12,15,19H,8,10,13-14,25H2,(H,27,28,29);1H/t19-;/m0./s1. The lowest BCUT2D eigenvalue weighted by atomic mass is 10.2. The molecular formula is C24H24ClN5O3. The molecule has 170 valence electrons. The molecule has 0 spiro atoms. The number of hydrogen-bond donors (Lipinski definition) is 2. The molecule has 1 atom stereocenters. The Hall–Kier alpha value is -3.62. The number of rotatable bonds is 7. The zero-order valence-corrected chi connectivity index (χ0v) is 18.6. The van der Waals surface area contributed by atoms with Gasteiger partial charge in [-0.2, -0.15) is 0 Å². The number of nitrogens with zero attached hydrogens (tertiary/aromatic N) is 3. The number of hydrogen-bond acceptors (Lipinski definition) is 8. The lowest BCUT2D eigenvalue weighted by Crippen LogP contribution is -2.16. The Balaban J connectivity index is 0.00000259. The molecule has 0 unspecified atom stereocenters. The van der Waals surface area contributed by atoms with Crippen LogP contribution in [0.2, 0.25) is 0 Å². The molecule has 3 heterocycles. The molecule has 1 aliphatic rings. The summed E-state index contributed by atoms with van der Waals surface area (Å²) in [7, 11) is 0. The minimum atomic E-state index is 0. The van der Waals surface area contributed by atoms with Crippen molar-refractivity contribution in [3.8, 4) is 11.5 Å². The molecule has 5 rings (SSSR count). The second kappa shape index (κ2) is 10.3. The fourth-order valence-electron chi connectivity index (χ4n) is 3.50. The largest absolute Gasteiger partial charge is 0.487 e. The summed E-state index contributed by atoms with van der Waals surface area (Å²) in [6.45, 7) is 1.71. The third-order valence-corrected chi connectivity index (χ3v) is 5.18. The third-order valence-electron chi connectivity index (χ3n) is 5.18. The Bertz CT molecular complexity index is 1200. The van der Waals surface area contributed by atoms with Gasteiger partial charge in [-0.1, -0.05) is 6.07 Å². The first-order valence-electron chi connectivity index (χ1n) is 10.4. The van der Waals surface area contributed by atoms with E-state index in [9.17, 15) is 0 Å². The predicted octanol–water partition coefficient (Wildman–Crippen LogP) is 4.52. The van der Waals surface area contributed by atoms with Crippen LogP contribution in [0.4, 0.5) is 17.2 Å². The van der Waals surface area contributed by atoms with Gasteiger partial charge in [0.1, 0.15) is 36.4 Å². The summed E-state index contributed by atoms with van der Waals surface area (Å²) >= 11 is 0. The summed E-state index contributed by atoms with van der Waals surface area (Å²) in [5, 5.41) is 4.15. The van der Waals surface area contributed by atoms with Crippen LogP contribution in [0.3, 0.4) is 0 Å². The van der Waals surface area contributed by atoms with Crippen molar-refractivity contribution < 1.29 is 14.2 Å². The predicted molar refractivity (Wildman–Crippen MR) is 129 cm³/mol. The maximum atomic E-state index is 6.26. The summed E-state index contributed by atoms with van der Waals surface area (Å²) in [5.41, 5.74) is 9.30. The molecule has 3 N–H and O–H groups in total. The van der Waals surface area contributed by atoms with Crippen molar-refractivity contribution in [2.75, 3.05) is 24.3 Å². The molecule has 1 saturated heterocycles. The molecule has 0 radical (unpaired) electrons. The van der Waals surface area contributed by atoms with Crippen molar-refractivity contribution in [1.29, 1.82) is 0 Å². The molecule has 9 heteroatoms. The normalized spacial score (nSPS) is 15.1. The van der Waals surface area contributed by atoms with Crippen molar-refractivity contribution >= 4 is 40.5 Å². The smallest absolute Gasteiger partial charge is 0.144 e. The van der Waals surface area contributed by atoms with E-state index in [0.29, 0.717) is 37.1 Å². The summed E-state index contributed by atoms with van der Waals surface area (Å²) in [6.07, 6.45) is 4.15. The fraction of sp³-hybridized carbons (Fsp3) is 0.208. The third kappa shape index (κ3) is 5.42. The van der Waals surface area contributed by atoms with Crippen LogP contribution in [-0.4, -0.2) is 34.3 Å². The molecule has 2 aromatic heterocycles. The van der Waals surface area contributed by atoms with Gasteiger partial charge in [0.2, 0.25) is 0 Å². The van der Waals surface area contributed by atoms with Crippen LogP contribution in [0.15, 0.2) is 67.1 Å². The van der Waals surface area contributed by atoms with Crippen LogP contribution < -0.4 is 20.5 Å². The molecule has 4 aromatic rings. The van der Waals surface area contributed by atoms with E-state index >= 15 is 0 Å². The average molecular weight is 466 g/mol. The van der Waals surface area contributed by atoms with E-state index in [1.807, 2.05) is 54.6 Å². The van der Waals surface area contributed by atoms with E-state index in [1.165, 1.54) is 6.33 Å². The monoisotopic (exact) mass is 465 g/mol. The van der Waals surface area contributed by atoms with E-state index < -0.39 is 0 Å². The van der Waals surface area contributed by atoms with E-state index in [4.69, 9.17) is 19.9 Å². The Kier molecular flexibility index (Phi) is 7.07. The van der Waals surface area contributed by atoms with Gasteiger partial charge in [-0.15, -0.1) is 12.4 Å². The Morgan fingerprint density at radius 3 is 2.70 bits per heavy atom. The number of halogens is 1. The summed E-state index contributed by atoms with van der Waals surface area (Å²) in [6, 6.07) is 17.1. The number of pyridine rings is 1. The molecule has 0 saturated carbocycles. The topological polar surface area (TPSA) is 104 Å². The summed E-state index contributed by atoms with van der Waals surface area (Å²) < 4.78 is 17.2. The lowest BCUT2D eigenvalue weighted by Gasteiger charge is -2.15. The number of nitrogens with one attached hydrogen (secondary N) is 1. The maximum Gasteiger partial charge on any atom is 0.144 e. The molecule has 0 amide bonds. The first kappa shape index (κ1) is 22.6. The number of anilines is 3. The molecule has 0 bridgehead atoms. The van der Waals surface area contributed by atoms with Gasteiger partial charge in [-0.3, -0.25) is 4.98 Å². The summed E-state index contributed by atoms with van der Waals surface area (Å²) in [4.78, 5) is 13.0. The highest BCUT2D eigenvalue weighted by atomic mass is 35.5. The first-order chi connectivity index (χ1) is 15.7. The van der Waals surface area contributed by atoms with Crippen molar-refractivity contribution in [3.05, 3.63) is 72.8 Å². The molecule has 1 fully saturated rings. The van der Waals surface area contributed by atoms with Crippen molar-refractivity contribution in [2.45, 2.75) is 19.1 Å². The molecule has 8 nitrogen and oxygen atoms in total. The maximum absolute atomic E-state index is 6.26. The highest BCUT2D eigenvalue weighted by Gasteiger charge is 2.19. The number of fused-ring (bicyclic) bond motifs is 1. The van der Waals surface area contributed by atoms with Crippen LogP contribution in [-0.2, 0) is 11.3 Å². The molecule has 0 aliphatic carbocycles. The van der Waals surface area contributed by atoms with Crippen molar-refractivity contribution in [1.82, 2.24) is 15.0 Å². The quantitative estimate of drug-likeness (QED) is 0.384. The number of ether oxygens (including phenoxy) is 3. The molecular weight excluding hydrogens is 442 g/mol. The van der Waals surface area contributed by atoms with Gasteiger partial charge in [-0.05, 0) is 42.5 Å². The van der Waals surface area contributed by atoms with Crippen LogP contribution in [0, 0.1) is 0 Å². The van der Waals surface area contributed by atoms with Crippen molar-refractivity contribution in [2.24, 2.45) is 0 Å². The Morgan fingerprint density at radius 1 is 1.06 bits per heavy atom.